The van der Waals surface area contributed by atoms with Crippen LogP contribution in [-0.4, -0.2) is 75.5 Å². The number of hydrogen-bond acceptors (Lipinski definition) is 6. The molecule has 7 heteroatoms. The van der Waals surface area contributed by atoms with Gasteiger partial charge >= 0.3 is 8.56 Å². The quantitative estimate of drug-likeness (QED) is 0.0280. The molecular formula is C59H111NO5Si. The number of aliphatic hydroxyl groups excluding tert-OH is 2. The van der Waals surface area contributed by atoms with Crippen molar-refractivity contribution in [3.05, 3.63) is 23.8 Å². The van der Waals surface area contributed by atoms with E-state index in [1.165, 1.54) is 135 Å². The first kappa shape index (κ1) is 58.0. The van der Waals surface area contributed by atoms with Gasteiger partial charge < -0.3 is 23.8 Å². The average molecular weight is 943 g/mol. The first-order valence-corrected chi connectivity index (χ1v) is 31.9. The van der Waals surface area contributed by atoms with Crippen LogP contribution < -0.4 is 0 Å². The predicted molar refractivity (Wildman–Crippen MR) is 284 cm³/mol. The Morgan fingerprint density at radius 1 is 0.727 bits per heavy atom. The standard InChI is InChI=1S/C59H111NO5Si/c1-10-12-13-14-15-16-17-18-19-20-21-22-23-24-27-30-57(65-66(8,9)63-46-29-26-25-28-41-60(42-44-61)43-45-62)64-52-37-39-58(6)51(47-52)33-34-53-55-36-35-54(59(55,7)40-38-56(53)58)49(5)31-32-50(11-2)48(3)4/h18-19,33,48-50,52-57,61-62H,10-17,20-32,34-47H2,1-9H3/b19-18-. The van der Waals surface area contributed by atoms with E-state index >= 15 is 0 Å². The molecule has 0 saturated heterocycles. The molecule has 386 valence electrons. The Bertz CT molecular complexity index is 1330. The summed E-state index contributed by atoms with van der Waals surface area (Å²) in [6.45, 7) is 25.3. The maximum Gasteiger partial charge on any atom is 0.333 e. The molecule has 0 aromatic rings. The fraction of sp³-hybridized carbons (Fsp3) is 0.932. The molecule has 0 heterocycles. The second kappa shape index (κ2) is 31.0. The van der Waals surface area contributed by atoms with E-state index in [0.717, 1.165) is 106 Å². The lowest BCUT2D eigenvalue weighted by Crippen LogP contribution is -2.51. The van der Waals surface area contributed by atoms with Crippen LogP contribution in [0.15, 0.2) is 23.8 Å². The summed E-state index contributed by atoms with van der Waals surface area (Å²) in [5.41, 5.74) is 2.57. The highest BCUT2D eigenvalue weighted by molar-refractivity contribution is 6.64. The topological polar surface area (TPSA) is 71.4 Å². The Labute approximate surface area is 411 Å². The van der Waals surface area contributed by atoms with Gasteiger partial charge in [0.05, 0.1) is 19.3 Å². The summed E-state index contributed by atoms with van der Waals surface area (Å²) in [6, 6.07) is 0. The number of aliphatic hydroxyl groups is 2. The Hall–Kier alpha value is -0.543. The van der Waals surface area contributed by atoms with Crippen molar-refractivity contribution in [1.82, 2.24) is 4.90 Å². The van der Waals surface area contributed by atoms with E-state index in [0.29, 0.717) is 23.9 Å². The molecule has 0 spiro atoms. The first-order chi connectivity index (χ1) is 31.8. The molecule has 3 fully saturated rings. The molecule has 2 N–H and O–H groups in total. The molecule has 0 aromatic heterocycles. The molecule has 3 saturated carbocycles. The molecule has 0 radical (unpaired) electrons. The minimum Gasteiger partial charge on any atom is -0.395 e. The molecule has 10 atom stereocenters. The molecule has 66 heavy (non-hydrogen) atoms. The van der Waals surface area contributed by atoms with Gasteiger partial charge in [0, 0.05) is 19.7 Å². The highest BCUT2D eigenvalue weighted by Gasteiger charge is 2.59. The lowest BCUT2D eigenvalue weighted by Gasteiger charge is -2.58. The van der Waals surface area contributed by atoms with Crippen LogP contribution in [0.4, 0.5) is 0 Å². The van der Waals surface area contributed by atoms with Crippen LogP contribution in [0.5, 0.6) is 0 Å². The number of allylic oxidation sites excluding steroid dienone is 3. The summed E-state index contributed by atoms with van der Waals surface area (Å²) in [6.07, 6.45) is 44.8. The lowest BCUT2D eigenvalue weighted by molar-refractivity contribution is -0.150. The van der Waals surface area contributed by atoms with Gasteiger partial charge in [-0.15, -0.1) is 0 Å². The highest BCUT2D eigenvalue weighted by atomic mass is 28.4. The molecule has 0 aliphatic heterocycles. The largest absolute Gasteiger partial charge is 0.395 e. The van der Waals surface area contributed by atoms with E-state index in [2.05, 4.69) is 84.7 Å². The van der Waals surface area contributed by atoms with Crippen molar-refractivity contribution >= 4 is 8.56 Å². The molecule has 0 bridgehead atoms. The summed E-state index contributed by atoms with van der Waals surface area (Å²) in [7, 11) is -2.40. The zero-order valence-corrected chi connectivity index (χ0v) is 46.2. The summed E-state index contributed by atoms with van der Waals surface area (Å²) in [4.78, 5) is 2.15. The van der Waals surface area contributed by atoms with Gasteiger partial charge in [-0.05, 0) is 181 Å². The number of fused-ring (bicyclic) bond motifs is 5. The minimum atomic E-state index is -2.40. The normalized spacial score (nSPS) is 28.1. The van der Waals surface area contributed by atoms with Gasteiger partial charge in [0.1, 0.15) is 6.29 Å². The van der Waals surface area contributed by atoms with Crippen LogP contribution in [0.3, 0.4) is 0 Å². The van der Waals surface area contributed by atoms with Crippen LogP contribution in [0, 0.1) is 52.3 Å². The zero-order chi connectivity index (χ0) is 47.8. The van der Waals surface area contributed by atoms with Gasteiger partial charge in [-0.2, -0.15) is 0 Å². The number of nitrogens with zero attached hydrogens (tertiary/aromatic N) is 1. The number of hydrogen-bond donors (Lipinski definition) is 2. The lowest BCUT2D eigenvalue weighted by atomic mass is 9.47. The molecule has 10 unspecified atom stereocenters. The van der Waals surface area contributed by atoms with Gasteiger partial charge in [-0.1, -0.05) is 149 Å². The summed E-state index contributed by atoms with van der Waals surface area (Å²) in [5, 5.41) is 18.7. The van der Waals surface area contributed by atoms with E-state index in [1.807, 2.05) is 0 Å². The van der Waals surface area contributed by atoms with Gasteiger partial charge in [-0.25, -0.2) is 0 Å². The highest BCUT2D eigenvalue weighted by Crippen LogP contribution is 2.67. The molecular weight excluding hydrogens is 831 g/mol. The van der Waals surface area contributed by atoms with Crippen LogP contribution >= 0.6 is 0 Å². The van der Waals surface area contributed by atoms with E-state index in [1.54, 1.807) is 5.57 Å². The summed E-state index contributed by atoms with van der Waals surface area (Å²) in [5.74, 6) is 6.04. The Balaban J connectivity index is 1.28. The molecule has 0 aromatic carbocycles. The Kier molecular flexibility index (Phi) is 27.3. The van der Waals surface area contributed by atoms with Crippen molar-refractivity contribution < 1.29 is 23.8 Å². The Morgan fingerprint density at radius 2 is 1.38 bits per heavy atom. The third kappa shape index (κ3) is 18.6. The van der Waals surface area contributed by atoms with Crippen molar-refractivity contribution in [3.63, 3.8) is 0 Å². The van der Waals surface area contributed by atoms with E-state index in [9.17, 15) is 10.2 Å². The number of unbranched alkanes of at least 4 members (excludes halogenated alkanes) is 14. The van der Waals surface area contributed by atoms with Crippen molar-refractivity contribution in [2.45, 2.75) is 260 Å². The first-order valence-electron chi connectivity index (χ1n) is 29.1. The minimum absolute atomic E-state index is 0.146. The average Bonchev–Trinajstić information content (AvgIpc) is 3.64. The maximum absolute atomic E-state index is 9.34. The molecule has 4 rings (SSSR count). The van der Waals surface area contributed by atoms with Crippen LogP contribution in [0.2, 0.25) is 13.1 Å². The SMILES string of the molecule is CCCCCCCC/C=C\CCCCCCCC(OC1CCC2(C)C(=CCC3C2CCC2(C)C(C(C)CCC(CC)C(C)C)CCC32)C1)O[Si](C)(C)OCCCCCCN(CCO)CCO. The number of rotatable bonds is 37. The van der Waals surface area contributed by atoms with Crippen LogP contribution in [-0.2, 0) is 13.6 Å². The third-order valence-electron chi connectivity index (χ3n) is 18.4. The molecule has 6 nitrogen and oxygen atoms in total. The fourth-order valence-electron chi connectivity index (χ4n) is 14.2. The van der Waals surface area contributed by atoms with Gasteiger partial charge in [0.25, 0.3) is 0 Å². The van der Waals surface area contributed by atoms with Crippen molar-refractivity contribution in [2.75, 3.05) is 39.5 Å². The molecule has 0 amide bonds. The molecule has 4 aliphatic rings. The smallest absolute Gasteiger partial charge is 0.333 e. The third-order valence-corrected chi connectivity index (χ3v) is 20.1. The van der Waals surface area contributed by atoms with Crippen molar-refractivity contribution in [3.8, 4) is 0 Å². The summed E-state index contributed by atoms with van der Waals surface area (Å²) >= 11 is 0. The van der Waals surface area contributed by atoms with Crippen LogP contribution in [0.1, 0.15) is 235 Å². The second-order valence-electron chi connectivity index (χ2n) is 23.8. The monoisotopic (exact) mass is 942 g/mol. The fourth-order valence-corrected chi connectivity index (χ4v) is 15.7. The van der Waals surface area contributed by atoms with Gasteiger partial charge in [0.15, 0.2) is 0 Å². The van der Waals surface area contributed by atoms with E-state index < -0.39 is 8.56 Å². The van der Waals surface area contributed by atoms with Crippen molar-refractivity contribution in [1.29, 1.82) is 0 Å². The maximum atomic E-state index is 9.34. The van der Waals surface area contributed by atoms with Crippen molar-refractivity contribution in [2.24, 2.45) is 52.3 Å². The Morgan fingerprint density at radius 3 is 2.05 bits per heavy atom. The molecule has 4 aliphatic carbocycles. The number of ether oxygens (including phenoxy) is 1. The van der Waals surface area contributed by atoms with E-state index in [4.69, 9.17) is 13.6 Å². The van der Waals surface area contributed by atoms with E-state index in [-0.39, 0.29) is 25.6 Å². The predicted octanol–water partition coefficient (Wildman–Crippen LogP) is 16.0. The second-order valence-corrected chi connectivity index (χ2v) is 27.2. The van der Waals surface area contributed by atoms with Gasteiger partial charge in [0.2, 0.25) is 0 Å². The van der Waals surface area contributed by atoms with Gasteiger partial charge in [-0.3, -0.25) is 4.90 Å². The van der Waals surface area contributed by atoms with Crippen LogP contribution in [0.25, 0.3) is 0 Å². The zero-order valence-electron chi connectivity index (χ0n) is 45.2. The summed E-state index contributed by atoms with van der Waals surface area (Å²) < 4.78 is 20.7.